The van der Waals surface area contributed by atoms with Crippen LogP contribution in [0.25, 0.3) is 0 Å². The Morgan fingerprint density at radius 3 is 2.52 bits per heavy atom. The van der Waals surface area contributed by atoms with Gasteiger partial charge in [-0.15, -0.1) is 0 Å². The lowest BCUT2D eigenvalue weighted by Crippen LogP contribution is -2.60. The molecule has 2 rings (SSSR count). The second kappa shape index (κ2) is 7.76. The van der Waals surface area contributed by atoms with Crippen molar-refractivity contribution in [1.82, 2.24) is 4.90 Å². The number of piperidine rings is 1. The minimum atomic E-state index is -4.16. The Balaban J connectivity index is 2.25. The molecule has 1 aliphatic heterocycles. The molecule has 0 spiro atoms. The molecule has 1 aliphatic rings. The van der Waals surface area contributed by atoms with Crippen LogP contribution in [0.15, 0.2) is 30.3 Å². The van der Waals surface area contributed by atoms with Gasteiger partial charge in [-0.2, -0.15) is 8.42 Å². The Kier molecular flexibility index (Phi) is 6.12. The molecule has 0 aliphatic carbocycles. The molecule has 1 aromatic rings. The van der Waals surface area contributed by atoms with Crippen LogP contribution in [0.2, 0.25) is 0 Å². The number of hydrogen-bond acceptors (Lipinski definition) is 6. The van der Waals surface area contributed by atoms with Gasteiger partial charge in [0.05, 0.1) is 19.4 Å². The topological polar surface area (TPSA) is 72.9 Å². The van der Waals surface area contributed by atoms with Gasteiger partial charge in [0.1, 0.15) is 5.92 Å². The summed E-state index contributed by atoms with van der Waals surface area (Å²) in [5, 5.41) is 0. The van der Waals surface area contributed by atoms with E-state index >= 15 is 0 Å². The molecule has 0 bridgehead atoms. The van der Waals surface area contributed by atoms with Crippen molar-refractivity contribution < 1.29 is 30.9 Å². The summed E-state index contributed by atoms with van der Waals surface area (Å²) >= 11 is 0. The molecule has 1 saturated heterocycles. The minimum absolute atomic E-state index is 0.00514. The van der Waals surface area contributed by atoms with E-state index in [1.54, 1.807) is 31.2 Å². The van der Waals surface area contributed by atoms with E-state index in [1.165, 1.54) is 4.90 Å². The number of likely N-dealkylation sites (tertiary alicyclic amines) is 1. The average molecular weight is 377 g/mol. The van der Waals surface area contributed by atoms with Crippen molar-refractivity contribution >= 4 is 16.1 Å². The number of carbonyl (C=O) groups excluding carboxylic acids is 1. The van der Waals surface area contributed by atoms with E-state index in [4.69, 9.17) is 4.74 Å². The van der Waals surface area contributed by atoms with Gasteiger partial charge < -0.3 is 4.74 Å². The first-order valence-corrected chi connectivity index (χ1v) is 9.63. The zero-order chi connectivity index (χ0) is 18.7. The Hall–Kier alpha value is -1.58. The molecule has 0 saturated carbocycles. The van der Waals surface area contributed by atoms with Crippen molar-refractivity contribution in [3.8, 4) is 0 Å². The standard InChI is InChI=1S/C16H21F2NO5S/c1-3-23-15(20)13-10-19(9-12-7-5-4-6-8-12)11-16(17,18)14(13)24-25(2,21)22/h4-8,13-14H,3,9-11H2,1-2H3. The van der Waals surface area contributed by atoms with E-state index in [0.29, 0.717) is 6.26 Å². The molecule has 2 atom stereocenters. The maximum atomic E-state index is 14.6. The lowest BCUT2D eigenvalue weighted by Gasteiger charge is -2.41. The first-order chi connectivity index (χ1) is 11.6. The largest absolute Gasteiger partial charge is 0.466 e. The molecular formula is C16H21F2NO5S. The van der Waals surface area contributed by atoms with Crippen LogP contribution < -0.4 is 0 Å². The third kappa shape index (κ3) is 5.45. The predicted octanol–water partition coefficient (Wildman–Crippen LogP) is 1.66. The molecule has 1 aromatic carbocycles. The number of benzene rings is 1. The number of carbonyl (C=O) groups is 1. The molecule has 0 amide bonds. The normalized spacial score (nSPS) is 24.0. The highest BCUT2D eigenvalue weighted by molar-refractivity contribution is 7.86. The van der Waals surface area contributed by atoms with Crippen LogP contribution in [0.5, 0.6) is 0 Å². The Morgan fingerprint density at radius 1 is 1.32 bits per heavy atom. The van der Waals surface area contributed by atoms with E-state index < -0.39 is 40.6 Å². The Labute approximate surface area is 145 Å². The summed E-state index contributed by atoms with van der Waals surface area (Å²) in [5.41, 5.74) is 0.809. The molecular weight excluding hydrogens is 356 g/mol. The Bertz CT molecular complexity index is 696. The molecule has 0 N–H and O–H groups in total. The van der Waals surface area contributed by atoms with Gasteiger partial charge in [-0.1, -0.05) is 30.3 Å². The van der Waals surface area contributed by atoms with Gasteiger partial charge in [0.25, 0.3) is 16.0 Å². The summed E-state index contributed by atoms with van der Waals surface area (Å²) in [5.74, 6) is -5.82. The van der Waals surface area contributed by atoms with Crippen molar-refractivity contribution in [2.75, 3.05) is 26.0 Å². The van der Waals surface area contributed by atoms with Crippen LogP contribution in [0.3, 0.4) is 0 Å². The van der Waals surface area contributed by atoms with Crippen LogP contribution in [-0.2, 0) is 30.4 Å². The second-order valence-electron chi connectivity index (χ2n) is 6.00. The van der Waals surface area contributed by atoms with E-state index in [0.717, 1.165) is 5.56 Å². The minimum Gasteiger partial charge on any atom is -0.466 e. The molecule has 2 unspecified atom stereocenters. The van der Waals surface area contributed by atoms with Crippen molar-refractivity contribution in [3.05, 3.63) is 35.9 Å². The van der Waals surface area contributed by atoms with Crippen molar-refractivity contribution in [1.29, 1.82) is 0 Å². The molecule has 9 heteroatoms. The summed E-state index contributed by atoms with van der Waals surface area (Å²) < 4.78 is 61.3. The number of nitrogens with zero attached hydrogens (tertiary/aromatic N) is 1. The van der Waals surface area contributed by atoms with Gasteiger partial charge in [-0.3, -0.25) is 13.9 Å². The number of halogens is 2. The van der Waals surface area contributed by atoms with Crippen molar-refractivity contribution in [3.63, 3.8) is 0 Å². The smallest absolute Gasteiger partial charge is 0.313 e. The fraction of sp³-hybridized carbons (Fsp3) is 0.562. The molecule has 1 fully saturated rings. The predicted molar refractivity (Wildman–Crippen MR) is 86.5 cm³/mol. The van der Waals surface area contributed by atoms with E-state index in [1.807, 2.05) is 6.07 Å². The zero-order valence-corrected chi connectivity index (χ0v) is 14.8. The molecule has 0 radical (unpaired) electrons. The highest BCUT2D eigenvalue weighted by Crippen LogP contribution is 2.35. The lowest BCUT2D eigenvalue weighted by atomic mass is 9.91. The number of hydrogen-bond donors (Lipinski definition) is 0. The van der Waals surface area contributed by atoms with Gasteiger partial charge in [-0.25, -0.2) is 8.78 Å². The van der Waals surface area contributed by atoms with Crippen LogP contribution in [-0.4, -0.2) is 57.3 Å². The molecule has 6 nitrogen and oxygen atoms in total. The monoisotopic (exact) mass is 377 g/mol. The van der Waals surface area contributed by atoms with Crippen molar-refractivity contribution in [2.45, 2.75) is 25.5 Å². The van der Waals surface area contributed by atoms with Gasteiger partial charge >= 0.3 is 5.97 Å². The summed E-state index contributed by atoms with van der Waals surface area (Å²) in [7, 11) is -4.16. The van der Waals surface area contributed by atoms with Crippen LogP contribution in [0.4, 0.5) is 8.78 Å². The van der Waals surface area contributed by atoms with Crippen LogP contribution >= 0.6 is 0 Å². The summed E-state index contributed by atoms with van der Waals surface area (Å²) in [6.45, 7) is 0.970. The third-order valence-electron chi connectivity index (χ3n) is 3.79. The third-order valence-corrected chi connectivity index (χ3v) is 4.34. The summed E-state index contributed by atoms with van der Waals surface area (Å²) in [4.78, 5) is 13.5. The maximum absolute atomic E-state index is 14.6. The maximum Gasteiger partial charge on any atom is 0.313 e. The zero-order valence-electron chi connectivity index (χ0n) is 14.0. The first-order valence-electron chi connectivity index (χ1n) is 7.81. The quantitative estimate of drug-likeness (QED) is 0.555. The molecule has 25 heavy (non-hydrogen) atoms. The summed E-state index contributed by atoms with van der Waals surface area (Å²) in [6.07, 6.45) is -1.39. The number of esters is 1. The average Bonchev–Trinajstić information content (AvgIpc) is 2.49. The lowest BCUT2D eigenvalue weighted by molar-refractivity contribution is -0.186. The summed E-state index contributed by atoms with van der Waals surface area (Å²) in [6, 6.07) is 8.96. The molecule has 140 valence electrons. The van der Waals surface area contributed by atoms with E-state index in [2.05, 4.69) is 4.18 Å². The van der Waals surface area contributed by atoms with Gasteiger partial charge in [0.2, 0.25) is 0 Å². The molecule has 0 aromatic heterocycles. The highest BCUT2D eigenvalue weighted by Gasteiger charge is 2.55. The SMILES string of the molecule is CCOC(=O)C1CN(Cc2ccccc2)CC(F)(F)C1OS(C)(=O)=O. The fourth-order valence-corrected chi connectivity index (χ4v) is 3.51. The second-order valence-corrected chi connectivity index (χ2v) is 7.60. The highest BCUT2D eigenvalue weighted by atomic mass is 32.2. The van der Waals surface area contributed by atoms with E-state index in [9.17, 15) is 22.0 Å². The van der Waals surface area contributed by atoms with Crippen molar-refractivity contribution in [2.24, 2.45) is 5.92 Å². The van der Waals surface area contributed by atoms with Gasteiger partial charge in [0.15, 0.2) is 6.10 Å². The number of ether oxygens (including phenoxy) is 1. The molecule has 1 heterocycles. The number of rotatable bonds is 6. The first kappa shape index (κ1) is 19.7. The van der Waals surface area contributed by atoms with Crippen LogP contribution in [0.1, 0.15) is 12.5 Å². The van der Waals surface area contributed by atoms with Crippen LogP contribution in [0, 0.1) is 5.92 Å². The number of alkyl halides is 2. The van der Waals surface area contributed by atoms with Gasteiger partial charge in [0, 0.05) is 13.1 Å². The van der Waals surface area contributed by atoms with E-state index in [-0.39, 0.29) is 19.7 Å². The Morgan fingerprint density at radius 2 is 1.96 bits per heavy atom. The van der Waals surface area contributed by atoms with Gasteiger partial charge in [-0.05, 0) is 12.5 Å². The fourth-order valence-electron chi connectivity index (χ4n) is 2.86.